The van der Waals surface area contributed by atoms with E-state index in [1.165, 1.54) is 16.9 Å². The summed E-state index contributed by atoms with van der Waals surface area (Å²) in [6, 6.07) is 10.2. The minimum absolute atomic E-state index is 0.0392. The van der Waals surface area contributed by atoms with E-state index in [1.54, 1.807) is 17.8 Å². The van der Waals surface area contributed by atoms with Crippen LogP contribution >= 0.6 is 46.3 Å². The van der Waals surface area contributed by atoms with E-state index in [2.05, 4.69) is 27.6 Å². The van der Waals surface area contributed by atoms with Crippen LogP contribution in [0.5, 0.6) is 0 Å². The van der Waals surface area contributed by atoms with Crippen molar-refractivity contribution in [1.29, 1.82) is 0 Å². The largest absolute Gasteiger partial charge is 0.300 e. The predicted octanol–water partition coefficient (Wildman–Crippen LogP) is 5.36. The lowest BCUT2D eigenvalue weighted by molar-refractivity contribution is -0.118. The van der Waals surface area contributed by atoms with E-state index < -0.39 is 0 Å². The van der Waals surface area contributed by atoms with Gasteiger partial charge in [0.05, 0.1) is 5.92 Å². The number of hydrogen-bond donors (Lipinski definition) is 1. The quantitative estimate of drug-likeness (QED) is 0.511. The normalized spacial score (nSPS) is 20.8. The number of allylic oxidation sites excluding steroid dienone is 1. The lowest BCUT2D eigenvalue weighted by Crippen LogP contribution is -2.16. The Morgan fingerprint density at radius 1 is 1.32 bits per heavy atom. The second-order valence-electron chi connectivity index (χ2n) is 6.42. The van der Waals surface area contributed by atoms with Crippen molar-refractivity contribution in [3.8, 4) is 0 Å². The molecule has 2 aromatic rings. The Bertz CT molecular complexity index is 788. The van der Waals surface area contributed by atoms with Gasteiger partial charge in [0.1, 0.15) is 4.49 Å². The van der Waals surface area contributed by atoms with Crippen molar-refractivity contribution in [2.75, 3.05) is 5.32 Å². The summed E-state index contributed by atoms with van der Waals surface area (Å²) in [7, 11) is 0. The summed E-state index contributed by atoms with van der Waals surface area (Å²) in [5.41, 5.74) is 1.06. The van der Waals surface area contributed by atoms with Gasteiger partial charge >= 0.3 is 0 Å². The monoisotopic (exact) mass is 413 g/mol. The van der Waals surface area contributed by atoms with E-state index in [1.807, 2.05) is 32.0 Å². The van der Waals surface area contributed by atoms with E-state index in [0.29, 0.717) is 5.13 Å². The fourth-order valence-electron chi connectivity index (χ4n) is 2.85. The fraction of sp³-hybridized carbons (Fsp3) is 0.353. The molecule has 0 bridgehead atoms. The second-order valence-corrected chi connectivity index (χ2v) is 9.63. The van der Waals surface area contributed by atoms with Crippen LogP contribution in [0.3, 0.4) is 0 Å². The average molecular weight is 414 g/mol. The molecule has 0 radical (unpaired) electrons. The van der Waals surface area contributed by atoms with Gasteiger partial charge in [0.25, 0.3) is 0 Å². The molecule has 132 valence electrons. The fourth-order valence-corrected chi connectivity index (χ4v) is 4.83. The third-order valence-corrected chi connectivity index (χ3v) is 6.64. The standard InChI is InChI=1S/C17H17Cl2N3OS2/c1-17(2)11(8-12(18)19)13(17)14(23)20-15-21-22-16(25-15)24-9-10-6-4-3-5-7-10/h3-8,11,13H,9H2,1-2H3,(H,20,21,23). The first kappa shape index (κ1) is 18.7. The van der Waals surface area contributed by atoms with Crippen LogP contribution in [0.25, 0.3) is 0 Å². The van der Waals surface area contributed by atoms with Crippen LogP contribution in [0.1, 0.15) is 19.4 Å². The van der Waals surface area contributed by atoms with Gasteiger partial charge in [-0.2, -0.15) is 0 Å². The number of benzene rings is 1. The summed E-state index contributed by atoms with van der Waals surface area (Å²) in [6.07, 6.45) is 1.73. The number of thioether (sulfide) groups is 1. The van der Waals surface area contributed by atoms with Crippen molar-refractivity contribution in [2.45, 2.75) is 23.9 Å². The molecule has 1 N–H and O–H groups in total. The van der Waals surface area contributed by atoms with E-state index in [9.17, 15) is 4.79 Å². The van der Waals surface area contributed by atoms with Crippen molar-refractivity contribution >= 4 is 57.3 Å². The number of carbonyl (C=O) groups excluding carboxylic acids is 1. The zero-order valence-electron chi connectivity index (χ0n) is 13.7. The molecular formula is C17H17Cl2N3OS2. The summed E-state index contributed by atoms with van der Waals surface area (Å²) in [5.74, 6) is 0.624. The Balaban J connectivity index is 1.56. The molecular weight excluding hydrogens is 397 g/mol. The van der Waals surface area contributed by atoms with Gasteiger partial charge < -0.3 is 5.32 Å². The summed E-state index contributed by atoms with van der Waals surface area (Å²) < 4.78 is 1.03. The van der Waals surface area contributed by atoms with Gasteiger partial charge in [0, 0.05) is 5.75 Å². The van der Waals surface area contributed by atoms with Gasteiger partial charge in [0.15, 0.2) is 4.34 Å². The Morgan fingerprint density at radius 3 is 2.72 bits per heavy atom. The first-order valence-electron chi connectivity index (χ1n) is 7.72. The minimum Gasteiger partial charge on any atom is -0.300 e. The lowest BCUT2D eigenvalue weighted by Gasteiger charge is -2.01. The Labute approximate surface area is 165 Å². The first-order chi connectivity index (χ1) is 11.9. The Morgan fingerprint density at radius 2 is 2.04 bits per heavy atom. The molecule has 1 aliphatic carbocycles. The zero-order chi connectivity index (χ0) is 18.0. The maximum absolute atomic E-state index is 12.5. The Hall–Kier alpha value is -1.08. The molecule has 3 rings (SSSR count). The number of amides is 1. The predicted molar refractivity (Wildman–Crippen MR) is 105 cm³/mol. The Kier molecular flexibility index (Phi) is 5.73. The second kappa shape index (κ2) is 7.66. The number of halogens is 2. The molecule has 0 spiro atoms. The van der Waals surface area contributed by atoms with Crippen LogP contribution in [0.2, 0.25) is 0 Å². The highest BCUT2D eigenvalue weighted by molar-refractivity contribution is 8.00. The third-order valence-electron chi connectivity index (χ3n) is 4.34. The number of nitrogens with one attached hydrogen (secondary N) is 1. The van der Waals surface area contributed by atoms with E-state index in [-0.39, 0.29) is 27.6 Å². The first-order valence-corrected chi connectivity index (χ1v) is 10.3. The number of aromatic nitrogens is 2. The number of carbonyl (C=O) groups is 1. The number of nitrogens with zero attached hydrogens (tertiary/aromatic N) is 2. The summed E-state index contributed by atoms with van der Waals surface area (Å²) in [4.78, 5) is 12.5. The molecule has 1 aromatic carbocycles. The molecule has 0 saturated heterocycles. The zero-order valence-corrected chi connectivity index (χ0v) is 16.8. The number of hydrogen-bond acceptors (Lipinski definition) is 5. The minimum atomic E-state index is -0.163. The third kappa shape index (κ3) is 4.56. The molecule has 1 amide bonds. The molecule has 1 aliphatic rings. The molecule has 2 unspecified atom stereocenters. The van der Waals surface area contributed by atoms with Crippen LogP contribution in [0.15, 0.2) is 45.2 Å². The van der Waals surface area contributed by atoms with Crippen molar-refractivity contribution < 1.29 is 4.79 Å². The SMILES string of the molecule is CC1(C)C(C=C(Cl)Cl)C1C(=O)Nc1nnc(SCc2ccccc2)s1. The van der Waals surface area contributed by atoms with Crippen LogP contribution in [0, 0.1) is 17.3 Å². The maximum atomic E-state index is 12.5. The molecule has 8 heteroatoms. The molecule has 1 saturated carbocycles. The van der Waals surface area contributed by atoms with Gasteiger partial charge in [-0.1, -0.05) is 90.5 Å². The average Bonchev–Trinajstić information content (AvgIpc) is 2.90. The van der Waals surface area contributed by atoms with Crippen LogP contribution in [-0.4, -0.2) is 16.1 Å². The topological polar surface area (TPSA) is 54.9 Å². The van der Waals surface area contributed by atoms with Gasteiger partial charge in [-0.05, 0) is 23.0 Å². The highest BCUT2D eigenvalue weighted by Gasteiger charge is 2.60. The van der Waals surface area contributed by atoms with Crippen molar-refractivity contribution in [3.05, 3.63) is 46.5 Å². The highest BCUT2D eigenvalue weighted by Crippen LogP contribution is 2.60. The van der Waals surface area contributed by atoms with Gasteiger partial charge in [0.2, 0.25) is 11.0 Å². The van der Waals surface area contributed by atoms with E-state index in [0.717, 1.165) is 10.1 Å². The van der Waals surface area contributed by atoms with Gasteiger partial charge in [-0.15, -0.1) is 10.2 Å². The maximum Gasteiger partial charge on any atom is 0.230 e. The molecule has 0 aliphatic heterocycles. The molecule has 2 atom stereocenters. The molecule has 1 aromatic heterocycles. The summed E-state index contributed by atoms with van der Waals surface area (Å²) in [6.45, 7) is 4.05. The molecule has 25 heavy (non-hydrogen) atoms. The smallest absolute Gasteiger partial charge is 0.230 e. The molecule has 1 heterocycles. The van der Waals surface area contributed by atoms with Crippen molar-refractivity contribution in [2.24, 2.45) is 17.3 Å². The van der Waals surface area contributed by atoms with E-state index >= 15 is 0 Å². The van der Waals surface area contributed by atoms with Crippen LogP contribution in [0.4, 0.5) is 5.13 Å². The van der Waals surface area contributed by atoms with E-state index in [4.69, 9.17) is 23.2 Å². The van der Waals surface area contributed by atoms with Crippen LogP contribution in [-0.2, 0) is 10.5 Å². The van der Waals surface area contributed by atoms with Crippen molar-refractivity contribution in [1.82, 2.24) is 10.2 Å². The van der Waals surface area contributed by atoms with Gasteiger partial charge in [-0.3, -0.25) is 4.79 Å². The highest BCUT2D eigenvalue weighted by atomic mass is 35.5. The number of rotatable bonds is 6. The summed E-state index contributed by atoms with van der Waals surface area (Å²) >= 11 is 14.4. The molecule has 1 fully saturated rings. The van der Waals surface area contributed by atoms with Crippen LogP contribution < -0.4 is 5.32 Å². The van der Waals surface area contributed by atoms with Gasteiger partial charge in [-0.25, -0.2) is 0 Å². The number of anilines is 1. The van der Waals surface area contributed by atoms with Crippen molar-refractivity contribution in [3.63, 3.8) is 0 Å². The summed E-state index contributed by atoms with van der Waals surface area (Å²) in [5, 5.41) is 11.6. The molecule has 4 nitrogen and oxygen atoms in total. The lowest BCUT2D eigenvalue weighted by atomic mass is 10.1.